The Bertz CT molecular complexity index is 273. The molecule has 0 aromatic heterocycles. The first-order valence-corrected chi connectivity index (χ1v) is 7.23. The van der Waals surface area contributed by atoms with E-state index in [9.17, 15) is 0 Å². The van der Waals surface area contributed by atoms with Crippen LogP contribution in [0.25, 0.3) is 0 Å². The second-order valence-electron chi connectivity index (χ2n) is 4.86. The van der Waals surface area contributed by atoms with Gasteiger partial charge in [-0.05, 0) is 54.7 Å². The lowest BCUT2D eigenvalue weighted by atomic mass is 9.78. The highest BCUT2D eigenvalue weighted by atomic mass is 127. The molecule has 3 heteroatoms. The Hall–Kier alpha value is -0.0600. The summed E-state index contributed by atoms with van der Waals surface area (Å²) in [6.45, 7) is 10.5. The molecule has 1 saturated carbocycles. The van der Waals surface area contributed by atoms with Crippen LogP contribution in [0.3, 0.4) is 0 Å². The van der Waals surface area contributed by atoms with Crippen molar-refractivity contribution < 1.29 is 0 Å². The van der Waals surface area contributed by atoms with Crippen molar-refractivity contribution in [2.75, 3.05) is 0 Å². The largest absolute Gasteiger partial charge is 0.360 e. The number of hydrogen-bond donors (Lipinski definition) is 1. The van der Waals surface area contributed by atoms with Crippen molar-refractivity contribution in [2.24, 2.45) is 16.8 Å². The van der Waals surface area contributed by atoms with Gasteiger partial charge in [-0.3, -0.25) is 4.99 Å². The van der Waals surface area contributed by atoms with E-state index in [1.54, 1.807) is 0 Å². The summed E-state index contributed by atoms with van der Waals surface area (Å²) >= 11 is 2.19. The third kappa shape index (κ3) is 4.44. The maximum Gasteiger partial charge on any atom is 0.116 e. The van der Waals surface area contributed by atoms with E-state index >= 15 is 0 Å². The fourth-order valence-electron chi connectivity index (χ4n) is 2.60. The average Bonchev–Trinajstić information content (AvgIpc) is 2.16. The molecule has 0 aliphatic heterocycles. The SMILES string of the molecule is C=C(I)NC(C)N=C(C)C1CCCCC1C. The first kappa shape index (κ1) is 14.0. The molecule has 0 bridgehead atoms. The molecule has 0 amide bonds. The van der Waals surface area contributed by atoms with Crippen LogP contribution in [-0.2, 0) is 0 Å². The molecule has 0 saturated heterocycles. The Kier molecular flexibility index (Phi) is 5.79. The van der Waals surface area contributed by atoms with Crippen molar-refractivity contribution in [3.8, 4) is 0 Å². The van der Waals surface area contributed by atoms with Gasteiger partial charge in [0.05, 0.1) is 3.70 Å². The van der Waals surface area contributed by atoms with E-state index in [0.717, 1.165) is 9.62 Å². The molecule has 0 aromatic rings. The summed E-state index contributed by atoms with van der Waals surface area (Å²) in [7, 11) is 0. The first-order chi connectivity index (χ1) is 7.50. The van der Waals surface area contributed by atoms with Crippen LogP contribution in [0, 0.1) is 11.8 Å². The van der Waals surface area contributed by atoms with Crippen LogP contribution in [0.5, 0.6) is 0 Å². The van der Waals surface area contributed by atoms with Crippen molar-refractivity contribution in [1.29, 1.82) is 0 Å². The monoisotopic (exact) mass is 334 g/mol. The highest BCUT2D eigenvalue weighted by molar-refractivity contribution is 14.1. The van der Waals surface area contributed by atoms with Crippen LogP contribution < -0.4 is 5.32 Å². The van der Waals surface area contributed by atoms with Gasteiger partial charge in [0.2, 0.25) is 0 Å². The molecule has 3 atom stereocenters. The molecular formula is C13H23IN2. The molecule has 1 aliphatic rings. The number of hydrogen-bond acceptors (Lipinski definition) is 2. The van der Waals surface area contributed by atoms with Crippen molar-refractivity contribution in [3.05, 3.63) is 10.3 Å². The fourth-order valence-corrected chi connectivity index (χ4v) is 3.05. The van der Waals surface area contributed by atoms with Crippen molar-refractivity contribution in [1.82, 2.24) is 5.32 Å². The molecule has 92 valence electrons. The summed E-state index contributed by atoms with van der Waals surface area (Å²) in [6.07, 6.45) is 5.58. The summed E-state index contributed by atoms with van der Waals surface area (Å²) < 4.78 is 0.957. The molecular weight excluding hydrogens is 311 g/mol. The Morgan fingerprint density at radius 3 is 2.62 bits per heavy atom. The average molecular weight is 334 g/mol. The van der Waals surface area contributed by atoms with E-state index < -0.39 is 0 Å². The summed E-state index contributed by atoms with van der Waals surface area (Å²) in [5, 5.41) is 3.23. The molecule has 1 N–H and O–H groups in total. The molecule has 1 fully saturated rings. The minimum Gasteiger partial charge on any atom is -0.360 e. The zero-order chi connectivity index (χ0) is 12.1. The lowest BCUT2D eigenvalue weighted by molar-refractivity contribution is 0.322. The zero-order valence-electron chi connectivity index (χ0n) is 10.6. The van der Waals surface area contributed by atoms with Crippen molar-refractivity contribution in [3.63, 3.8) is 0 Å². The van der Waals surface area contributed by atoms with E-state index in [-0.39, 0.29) is 6.17 Å². The Morgan fingerprint density at radius 2 is 2.06 bits per heavy atom. The van der Waals surface area contributed by atoms with E-state index in [4.69, 9.17) is 4.99 Å². The second-order valence-corrected chi connectivity index (χ2v) is 6.17. The van der Waals surface area contributed by atoms with Crippen molar-refractivity contribution >= 4 is 28.3 Å². The molecule has 1 rings (SSSR count). The van der Waals surface area contributed by atoms with Gasteiger partial charge in [0.25, 0.3) is 0 Å². The maximum absolute atomic E-state index is 4.73. The third-order valence-corrected chi connectivity index (χ3v) is 3.72. The molecule has 0 heterocycles. The van der Waals surface area contributed by atoms with Crippen molar-refractivity contribution in [2.45, 2.75) is 52.6 Å². The van der Waals surface area contributed by atoms with E-state index in [2.05, 4.69) is 55.3 Å². The number of aliphatic imine (C=N–C) groups is 1. The zero-order valence-corrected chi connectivity index (χ0v) is 12.8. The predicted octanol–water partition coefficient (Wildman–Crippen LogP) is 4.12. The van der Waals surface area contributed by atoms with E-state index in [1.807, 2.05) is 0 Å². The smallest absolute Gasteiger partial charge is 0.116 e. The van der Waals surface area contributed by atoms with Crippen LogP contribution in [0.1, 0.15) is 46.5 Å². The van der Waals surface area contributed by atoms with Crippen LogP contribution in [0.15, 0.2) is 15.3 Å². The van der Waals surface area contributed by atoms with Gasteiger partial charge in [0.15, 0.2) is 0 Å². The lowest BCUT2D eigenvalue weighted by Gasteiger charge is -2.29. The molecule has 1 aliphatic carbocycles. The molecule has 0 spiro atoms. The number of halogens is 1. The summed E-state index contributed by atoms with van der Waals surface area (Å²) in [4.78, 5) is 4.73. The van der Waals surface area contributed by atoms with Gasteiger partial charge in [-0.25, -0.2) is 0 Å². The van der Waals surface area contributed by atoms with Gasteiger partial charge in [-0.15, -0.1) is 0 Å². The lowest BCUT2D eigenvalue weighted by Crippen LogP contribution is -2.27. The normalized spacial score (nSPS) is 28.6. The predicted molar refractivity (Wildman–Crippen MR) is 80.0 cm³/mol. The van der Waals surface area contributed by atoms with Crippen LogP contribution in [-0.4, -0.2) is 11.9 Å². The second kappa shape index (κ2) is 6.62. The molecule has 16 heavy (non-hydrogen) atoms. The minimum atomic E-state index is 0.151. The molecule has 3 unspecified atom stereocenters. The Morgan fingerprint density at radius 1 is 1.44 bits per heavy atom. The third-order valence-electron chi connectivity index (χ3n) is 3.41. The van der Waals surface area contributed by atoms with Gasteiger partial charge in [-0.1, -0.05) is 32.8 Å². The van der Waals surface area contributed by atoms with Crippen LogP contribution in [0.2, 0.25) is 0 Å². The summed E-state index contributed by atoms with van der Waals surface area (Å²) in [5.41, 5.74) is 1.31. The summed E-state index contributed by atoms with van der Waals surface area (Å²) in [6, 6.07) is 0. The fraction of sp³-hybridized carbons (Fsp3) is 0.769. The number of nitrogens with zero attached hydrogens (tertiary/aromatic N) is 1. The van der Waals surface area contributed by atoms with Gasteiger partial charge >= 0.3 is 0 Å². The molecule has 0 aromatic carbocycles. The highest BCUT2D eigenvalue weighted by Gasteiger charge is 2.23. The number of rotatable bonds is 4. The van der Waals surface area contributed by atoms with Crippen LogP contribution in [0.4, 0.5) is 0 Å². The van der Waals surface area contributed by atoms with Gasteiger partial charge in [-0.2, -0.15) is 0 Å². The minimum absolute atomic E-state index is 0.151. The van der Waals surface area contributed by atoms with E-state index in [1.165, 1.54) is 31.4 Å². The quantitative estimate of drug-likeness (QED) is 0.467. The van der Waals surface area contributed by atoms with Gasteiger partial charge < -0.3 is 5.32 Å². The van der Waals surface area contributed by atoms with Crippen LogP contribution >= 0.6 is 22.6 Å². The highest BCUT2D eigenvalue weighted by Crippen LogP contribution is 2.30. The summed E-state index contributed by atoms with van der Waals surface area (Å²) in [5.74, 6) is 1.49. The molecule has 0 radical (unpaired) electrons. The number of nitrogens with one attached hydrogen (secondary N) is 1. The van der Waals surface area contributed by atoms with Gasteiger partial charge in [0, 0.05) is 5.71 Å². The maximum atomic E-state index is 4.73. The topological polar surface area (TPSA) is 24.4 Å². The van der Waals surface area contributed by atoms with Gasteiger partial charge in [0.1, 0.15) is 6.17 Å². The standard InChI is InChI=1S/C13H23IN2/c1-9-7-5-6-8-13(9)10(2)15-12(4)16-11(3)14/h9,12-13,16H,3,5-8H2,1-2,4H3. The van der Waals surface area contributed by atoms with E-state index in [0.29, 0.717) is 5.92 Å². The Labute approximate surface area is 113 Å². The molecule has 2 nitrogen and oxygen atoms in total. The first-order valence-electron chi connectivity index (χ1n) is 6.16. The Balaban J connectivity index is 2.57.